The van der Waals surface area contributed by atoms with Crippen LogP contribution in [-0.2, 0) is 20.7 Å². The van der Waals surface area contributed by atoms with Crippen LogP contribution in [0.3, 0.4) is 0 Å². The van der Waals surface area contributed by atoms with Crippen LogP contribution in [0.5, 0.6) is 0 Å². The number of rotatable bonds is 8. The van der Waals surface area contributed by atoms with Gasteiger partial charge < -0.3 is 10.1 Å². The topological polar surface area (TPSA) is 55.4 Å². The van der Waals surface area contributed by atoms with E-state index in [9.17, 15) is 27.2 Å². The molecular formula is C23H26ClF4NO3. The fraction of sp³-hybridized carbons (Fsp3) is 0.478. The van der Waals surface area contributed by atoms with Gasteiger partial charge in [-0.1, -0.05) is 43.7 Å². The number of halogens is 5. The number of alkyl halides is 3. The number of allylic oxidation sites excluding steroid dienone is 4. The summed E-state index contributed by atoms with van der Waals surface area (Å²) in [5.41, 5.74) is 0.297. The largest absolute Gasteiger partial charge is 0.466 e. The van der Waals surface area contributed by atoms with Crippen LogP contribution in [0.15, 0.2) is 41.5 Å². The molecule has 0 bridgehead atoms. The van der Waals surface area contributed by atoms with Gasteiger partial charge in [0.05, 0.1) is 30.0 Å². The second-order valence-electron chi connectivity index (χ2n) is 7.86. The summed E-state index contributed by atoms with van der Waals surface area (Å²) in [7, 11) is 0. The van der Waals surface area contributed by atoms with E-state index in [0.717, 1.165) is 13.0 Å². The smallest absolute Gasteiger partial charge is 0.392 e. The molecule has 2 unspecified atom stereocenters. The maximum atomic E-state index is 14.4. The van der Waals surface area contributed by atoms with Gasteiger partial charge in [-0.2, -0.15) is 13.2 Å². The predicted octanol–water partition coefficient (Wildman–Crippen LogP) is 6.02. The van der Waals surface area contributed by atoms with Crippen LogP contribution in [0.4, 0.5) is 23.2 Å². The third kappa shape index (κ3) is 6.82. The molecule has 0 fully saturated rings. The summed E-state index contributed by atoms with van der Waals surface area (Å²) in [6.07, 6.45) is 0.246. The molecule has 0 aromatic heterocycles. The van der Waals surface area contributed by atoms with Crippen molar-refractivity contribution in [2.24, 2.45) is 23.7 Å². The third-order valence-corrected chi connectivity index (χ3v) is 5.71. The third-order valence-electron chi connectivity index (χ3n) is 5.43. The predicted molar refractivity (Wildman–Crippen MR) is 114 cm³/mol. The Morgan fingerprint density at radius 2 is 1.97 bits per heavy atom. The maximum Gasteiger partial charge on any atom is 0.392 e. The number of nitrogens with one attached hydrogen (secondary N) is 1. The Labute approximate surface area is 189 Å². The lowest BCUT2D eigenvalue weighted by Crippen LogP contribution is -2.40. The minimum absolute atomic E-state index is 0.160. The first kappa shape index (κ1) is 25.9. The molecule has 1 aliphatic rings. The zero-order chi connectivity index (χ0) is 24.1. The number of hydrogen-bond acceptors (Lipinski definition) is 3. The second-order valence-corrected chi connectivity index (χ2v) is 8.30. The van der Waals surface area contributed by atoms with Gasteiger partial charge in [-0.15, -0.1) is 0 Å². The van der Waals surface area contributed by atoms with Crippen LogP contribution >= 0.6 is 11.6 Å². The second kappa shape index (κ2) is 11.0. The van der Waals surface area contributed by atoms with Crippen LogP contribution in [0, 0.1) is 29.5 Å². The summed E-state index contributed by atoms with van der Waals surface area (Å²) in [4.78, 5) is 24.8. The van der Waals surface area contributed by atoms with Gasteiger partial charge in [0.2, 0.25) is 5.91 Å². The highest BCUT2D eigenvalue weighted by Crippen LogP contribution is 2.39. The first-order chi connectivity index (χ1) is 14.9. The van der Waals surface area contributed by atoms with Gasteiger partial charge in [-0.05, 0) is 49.5 Å². The number of esters is 1. The summed E-state index contributed by atoms with van der Waals surface area (Å²) in [6.45, 7) is 4.49. The highest BCUT2D eigenvalue weighted by Gasteiger charge is 2.47. The summed E-state index contributed by atoms with van der Waals surface area (Å²) < 4.78 is 59.8. The van der Waals surface area contributed by atoms with Gasteiger partial charge in [0.15, 0.2) is 0 Å². The molecular weight excluding hydrogens is 450 g/mol. The van der Waals surface area contributed by atoms with Gasteiger partial charge in [-0.25, -0.2) is 4.39 Å². The Bertz CT molecular complexity index is 898. The Morgan fingerprint density at radius 3 is 2.53 bits per heavy atom. The van der Waals surface area contributed by atoms with Crippen LogP contribution in [0.1, 0.15) is 32.8 Å². The average Bonchev–Trinajstić information content (AvgIpc) is 2.71. The fourth-order valence-corrected chi connectivity index (χ4v) is 3.77. The molecule has 1 amide bonds. The SMILES string of the molecule is CCOC(=O)C(C)Cc1ccc(F)c(NC(=O)[C@H](C2C=CC(Cl)=CC2)[C@@H](C)C(F)(F)F)c1. The van der Waals surface area contributed by atoms with E-state index in [1.54, 1.807) is 19.9 Å². The lowest BCUT2D eigenvalue weighted by atomic mass is 9.78. The van der Waals surface area contributed by atoms with Crippen LogP contribution in [-0.4, -0.2) is 24.7 Å². The number of amides is 1. The molecule has 0 heterocycles. The van der Waals surface area contributed by atoms with Crippen LogP contribution in [0.25, 0.3) is 0 Å². The van der Waals surface area contributed by atoms with E-state index in [0.29, 0.717) is 10.6 Å². The van der Waals surface area contributed by atoms with Crippen molar-refractivity contribution in [3.63, 3.8) is 0 Å². The van der Waals surface area contributed by atoms with Gasteiger partial charge in [0.1, 0.15) is 5.82 Å². The van der Waals surface area contributed by atoms with Gasteiger partial charge in [0, 0.05) is 5.03 Å². The molecule has 0 spiro atoms. The number of carbonyl (C=O) groups is 2. The van der Waals surface area contributed by atoms with Crippen LogP contribution in [0.2, 0.25) is 0 Å². The van der Waals surface area contributed by atoms with Gasteiger partial charge >= 0.3 is 12.1 Å². The molecule has 1 aromatic rings. The van der Waals surface area contributed by atoms with E-state index >= 15 is 0 Å². The molecule has 1 aliphatic carbocycles. The molecule has 0 saturated carbocycles. The summed E-state index contributed by atoms with van der Waals surface area (Å²) in [5, 5.41) is 2.71. The molecule has 0 radical (unpaired) electrons. The first-order valence-corrected chi connectivity index (χ1v) is 10.7. The van der Waals surface area contributed by atoms with E-state index in [1.807, 2.05) is 0 Å². The summed E-state index contributed by atoms with van der Waals surface area (Å²) >= 11 is 5.86. The van der Waals surface area contributed by atoms with Crippen molar-refractivity contribution >= 4 is 29.2 Å². The van der Waals surface area contributed by atoms with Gasteiger partial charge in [0.25, 0.3) is 0 Å². The van der Waals surface area contributed by atoms with Crippen molar-refractivity contribution in [2.75, 3.05) is 11.9 Å². The summed E-state index contributed by atoms with van der Waals surface area (Å²) in [5.74, 6) is -6.84. The minimum Gasteiger partial charge on any atom is -0.466 e. The number of benzene rings is 1. The molecule has 0 saturated heterocycles. The molecule has 32 heavy (non-hydrogen) atoms. The monoisotopic (exact) mass is 475 g/mol. The Hall–Kier alpha value is -2.35. The fourth-order valence-electron chi connectivity index (χ4n) is 3.61. The van der Waals surface area contributed by atoms with Crippen molar-refractivity contribution in [1.82, 2.24) is 0 Å². The molecule has 0 aliphatic heterocycles. The molecule has 1 N–H and O–H groups in total. The molecule has 1 aromatic carbocycles. The standard InChI is InChI=1S/C23H26ClF4NO3/c1-4-32-22(31)13(2)11-15-5-10-18(25)19(12-15)29-21(30)20(14(3)23(26,27)28)16-6-8-17(24)9-7-16/h5-6,8-10,12-14,16,20H,4,7,11H2,1-3H3,(H,29,30)/t13?,14-,16?,20+/m1/s1. The zero-order valence-electron chi connectivity index (χ0n) is 18.0. The lowest BCUT2D eigenvalue weighted by molar-refractivity contribution is -0.188. The molecule has 4 atom stereocenters. The number of ether oxygens (including phenoxy) is 1. The molecule has 4 nitrogen and oxygen atoms in total. The Morgan fingerprint density at radius 1 is 1.28 bits per heavy atom. The van der Waals surface area contributed by atoms with Crippen molar-refractivity contribution < 1.29 is 31.9 Å². The van der Waals surface area contributed by atoms with E-state index in [4.69, 9.17) is 16.3 Å². The zero-order valence-corrected chi connectivity index (χ0v) is 18.8. The van der Waals surface area contributed by atoms with Crippen molar-refractivity contribution in [1.29, 1.82) is 0 Å². The van der Waals surface area contributed by atoms with Gasteiger partial charge in [-0.3, -0.25) is 9.59 Å². The quantitative estimate of drug-likeness (QED) is 0.369. The lowest BCUT2D eigenvalue weighted by Gasteiger charge is -2.31. The Kier molecular flexibility index (Phi) is 8.89. The highest BCUT2D eigenvalue weighted by atomic mass is 35.5. The van der Waals surface area contributed by atoms with E-state index in [2.05, 4.69) is 5.32 Å². The first-order valence-electron chi connectivity index (χ1n) is 10.3. The normalized spacial score (nSPS) is 19.0. The van der Waals surface area contributed by atoms with E-state index in [1.165, 1.54) is 24.3 Å². The molecule has 9 heteroatoms. The minimum atomic E-state index is -4.61. The number of carbonyl (C=O) groups excluding carboxylic acids is 2. The van der Waals surface area contributed by atoms with E-state index < -0.39 is 47.5 Å². The molecule has 2 rings (SSSR count). The Balaban J connectivity index is 2.25. The van der Waals surface area contributed by atoms with Crippen LogP contribution < -0.4 is 5.32 Å². The van der Waals surface area contributed by atoms with Crippen molar-refractivity contribution in [2.45, 2.75) is 39.8 Å². The average molecular weight is 476 g/mol. The number of anilines is 1. The van der Waals surface area contributed by atoms with E-state index in [-0.39, 0.29) is 25.1 Å². The summed E-state index contributed by atoms with van der Waals surface area (Å²) in [6, 6.07) is 3.88. The molecule has 176 valence electrons. The van der Waals surface area contributed by atoms with Crippen molar-refractivity contribution in [3.05, 3.63) is 52.8 Å². The maximum absolute atomic E-state index is 14.4. The van der Waals surface area contributed by atoms with Crippen molar-refractivity contribution in [3.8, 4) is 0 Å². The number of hydrogen-bond donors (Lipinski definition) is 1. The highest BCUT2D eigenvalue weighted by molar-refractivity contribution is 6.31.